The first kappa shape index (κ1) is 11.0. The van der Waals surface area contributed by atoms with Gasteiger partial charge in [-0.25, -0.2) is 0 Å². The van der Waals surface area contributed by atoms with Crippen molar-refractivity contribution in [2.24, 2.45) is 11.8 Å². The molecule has 1 unspecified atom stereocenters. The van der Waals surface area contributed by atoms with Gasteiger partial charge in [0.2, 0.25) is 0 Å². The Morgan fingerprint density at radius 2 is 2.08 bits per heavy atom. The smallest absolute Gasteiger partial charge is 0.0618 e. The van der Waals surface area contributed by atoms with E-state index in [4.69, 9.17) is 4.74 Å². The summed E-state index contributed by atoms with van der Waals surface area (Å²) in [4.78, 5) is 0. The van der Waals surface area contributed by atoms with Crippen LogP contribution in [-0.4, -0.2) is 26.3 Å². The van der Waals surface area contributed by atoms with Crippen molar-refractivity contribution in [3.63, 3.8) is 0 Å². The molecule has 0 aromatic carbocycles. The molecule has 1 atom stereocenters. The third kappa shape index (κ3) is 3.65. The zero-order chi connectivity index (χ0) is 9.68. The summed E-state index contributed by atoms with van der Waals surface area (Å²) in [6, 6.07) is 0.533. The topological polar surface area (TPSA) is 21.3 Å². The average molecular weight is 185 g/mol. The van der Waals surface area contributed by atoms with Crippen LogP contribution < -0.4 is 5.32 Å². The molecule has 0 saturated heterocycles. The molecule has 0 radical (unpaired) electrons. The summed E-state index contributed by atoms with van der Waals surface area (Å²) in [6.07, 6.45) is 4.28. The standard InChI is InChI=1S/C11H23NO/c1-9(2)11(8-13-3)12-7-10-5-4-6-10/h9-12H,4-8H2,1-3H3. The van der Waals surface area contributed by atoms with Gasteiger partial charge in [0.25, 0.3) is 0 Å². The molecule has 1 fully saturated rings. The van der Waals surface area contributed by atoms with Crippen LogP contribution in [-0.2, 0) is 4.74 Å². The second-order valence-corrected chi connectivity index (χ2v) is 4.51. The van der Waals surface area contributed by atoms with Gasteiger partial charge in [-0.1, -0.05) is 20.3 Å². The monoisotopic (exact) mass is 185 g/mol. The van der Waals surface area contributed by atoms with Crippen molar-refractivity contribution in [2.75, 3.05) is 20.3 Å². The van der Waals surface area contributed by atoms with E-state index in [9.17, 15) is 0 Å². The molecule has 2 nitrogen and oxygen atoms in total. The Balaban J connectivity index is 2.12. The van der Waals surface area contributed by atoms with Crippen molar-refractivity contribution in [3.8, 4) is 0 Å². The molecule has 0 bridgehead atoms. The summed E-state index contributed by atoms with van der Waals surface area (Å²) >= 11 is 0. The second kappa shape index (κ2) is 5.61. The number of ether oxygens (including phenoxy) is 1. The summed E-state index contributed by atoms with van der Waals surface area (Å²) in [5, 5.41) is 3.60. The number of hydrogen-bond donors (Lipinski definition) is 1. The first-order valence-electron chi connectivity index (χ1n) is 5.46. The maximum Gasteiger partial charge on any atom is 0.0618 e. The van der Waals surface area contributed by atoms with Gasteiger partial charge in [0.15, 0.2) is 0 Å². The zero-order valence-electron chi connectivity index (χ0n) is 9.18. The molecule has 1 rings (SSSR count). The van der Waals surface area contributed by atoms with E-state index in [1.807, 2.05) is 0 Å². The fraction of sp³-hybridized carbons (Fsp3) is 1.00. The fourth-order valence-electron chi connectivity index (χ4n) is 1.68. The molecular weight excluding hydrogens is 162 g/mol. The average Bonchev–Trinajstić information content (AvgIpc) is 1.99. The molecule has 1 aliphatic rings. The van der Waals surface area contributed by atoms with Gasteiger partial charge in [-0.2, -0.15) is 0 Å². The lowest BCUT2D eigenvalue weighted by Crippen LogP contribution is -2.41. The van der Waals surface area contributed by atoms with Gasteiger partial charge in [0.05, 0.1) is 6.61 Å². The summed E-state index contributed by atoms with van der Waals surface area (Å²) in [5.74, 6) is 1.61. The molecule has 1 saturated carbocycles. The van der Waals surface area contributed by atoms with Crippen LogP contribution in [0, 0.1) is 11.8 Å². The maximum atomic E-state index is 5.19. The van der Waals surface area contributed by atoms with Gasteiger partial charge < -0.3 is 10.1 Å². The minimum atomic E-state index is 0.533. The summed E-state index contributed by atoms with van der Waals surface area (Å²) in [6.45, 7) is 6.52. The van der Waals surface area contributed by atoms with E-state index in [0.29, 0.717) is 12.0 Å². The van der Waals surface area contributed by atoms with Crippen LogP contribution in [0.1, 0.15) is 33.1 Å². The molecule has 0 aromatic heterocycles. The van der Waals surface area contributed by atoms with E-state index in [0.717, 1.165) is 12.5 Å². The van der Waals surface area contributed by atoms with Crippen molar-refractivity contribution in [1.82, 2.24) is 5.32 Å². The molecule has 0 aromatic rings. The van der Waals surface area contributed by atoms with Gasteiger partial charge in [-0.15, -0.1) is 0 Å². The predicted molar refractivity (Wildman–Crippen MR) is 55.8 cm³/mol. The molecule has 1 aliphatic carbocycles. The Morgan fingerprint density at radius 3 is 2.46 bits per heavy atom. The van der Waals surface area contributed by atoms with Crippen LogP contribution in [0.25, 0.3) is 0 Å². The lowest BCUT2D eigenvalue weighted by Gasteiger charge is -2.29. The molecule has 78 valence electrons. The highest BCUT2D eigenvalue weighted by atomic mass is 16.5. The SMILES string of the molecule is COCC(NCC1CCC1)C(C)C. The minimum Gasteiger partial charge on any atom is -0.383 e. The van der Waals surface area contributed by atoms with Crippen LogP contribution in [0.5, 0.6) is 0 Å². The molecule has 2 heteroatoms. The van der Waals surface area contributed by atoms with Gasteiger partial charge >= 0.3 is 0 Å². The Kier molecular flexibility index (Phi) is 4.74. The number of methoxy groups -OCH3 is 1. The minimum absolute atomic E-state index is 0.533. The normalized spacial score (nSPS) is 20.3. The van der Waals surface area contributed by atoms with E-state index < -0.39 is 0 Å². The highest BCUT2D eigenvalue weighted by Gasteiger charge is 2.19. The van der Waals surface area contributed by atoms with E-state index >= 15 is 0 Å². The molecule has 0 heterocycles. The number of nitrogens with one attached hydrogen (secondary N) is 1. The van der Waals surface area contributed by atoms with Crippen LogP contribution in [0.2, 0.25) is 0 Å². The quantitative estimate of drug-likeness (QED) is 0.684. The molecule has 0 amide bonds. The van der Waals surface area contributed by atoms with Gasteiger partial charge in [0, 0.05) is 13.2 Å². The first-order chi connectivity index (χ1) is 6.24. The number of rotatable bonds is 6. The largest absolute Gasteiger partial charge is 0.383 e. The highest BCUT2D eigenvalue weighted by molar-refractivity contribution is 4.76. The lowest BCUT2D eigenvalue weighted by atomic mass is 9.85. The van der Waals surface area contributed by atoms with Crippen molar-refractivity contribution < 1.29 is 4.74 Å². The first-order valence-corrected chi connectivity index (χ1v) is 5.46. The van der Waals surface area contributed by atoms with Crippen LogP contribution in [0.4, 0.5) is 0 Å². The van der Waals surface area contributed by atoms with Crippen LogP contribution in [0.15, 0.2) is 0 Å². The Labute approximate surface area is 82.0 Å². The predicted octanol–water partition coefficient (Wildman–Crippen LogP) is 2.05. The van der Waals surface area contributed by atoms with Gasteiger partial charge in [0.1, 0.15) is 0 Å². The van der Waals surface area contributed by atoms with Crippen molar-refractivity contribution in [1.29, 1.82) is 0 Å². The number of hydrogen-bond acceptors (Lipinski definition) is 2. The molecular formula is C11H23NO. The summed E-state index contributed by atoms with van der Waals surface area (Å²) < 4.78 is 5.19. The van der Waals surface area contributed by atoms with Gasteiger partial charge in [-0.3, -0.25) is 0 Å². The van der Waals surface area contributed by atoms with E-state index in [2.05, 4.69) is 19.2 Å². The van der Waals surface area contributed by atoms with Crippen molar-refractivity contribution >= 4 is 0 Å². The van der Waals surface area contributed by atoms with Gasteiger partial charge in [-0.05, 0) is 31.2 Å². The van der Waals surface area contributed by atoms with E-state index in [-0.39, 0.29) is 0 Å². The molecule has 13 heavy (non-hydrogen) atoms. The Bertz CT molecular complexity index is 132. The van der Waals surface area contributed by atoms with E-state index in [1.165, 1.54) is 25.8 Å². The fourth-order valence-corrected chi connectivity index (χ4v) is 1.68. The summed E-state index contributed by atoms with van der Waals surface area (Å²) in [5.41, 5.74) is 0. The Morgan fingerprint density at radius 1 is 1.38 bits per heavy atom. The van der Waals surface area contributed by atoms with Crippen LogP contribution in [0.3, 0.4) is 0 Å². The van der Waals surface area contributed by atoms with Crippen molar-refractivity contribution in [3.05, 3.63) is 0 Å². The second-order valence-electron chi connectivity index (χ2n) is 4.51. The highest BCUT2D eigenvalue weighted by Crippen LogP contribution is 2.25. The molecule has 1 N–H and O–H groups in total. The third-order valence-corrected chi connectivity index (χ3v) is 3.04. The summed E-state index contributed by atoms with van der Waals surface area (Å²) in [7, 11) is 1.78. The zero-order valence-corrected chi connectivity index (χ0v) is 9.18. The Hall–Kier alpha value is -0.0800. The lowest BCUT2D eigenvalue weighted by molar-refractivity contribution is 0.140. The van der Waals surface area contributed by atoms with Crippen molar-refractivity contribution in [2.45, 2.75) is 39.2 Å². The van der Waals surface area contributed by atoms with E-state index in [1.54, 1.807) is 7.11 Å². The molecule has 0 aliphatic heterocycles. The molecule has 0 spiro atoms. The van der Waals surface area contributed by atoms with Crippen LogP contribution >= 0.6 is 0 Å². The maximum absolute atomic E-state index is 5.19. The third-order valence-electron chi connectivity index (χ3n) is 3.04.